The lowest BCUT2D eigenvalue weighted by molar-refractivity contribution is -0.121. The normalized spacial score (nSPS) is 12.5. The zero-order valence-corrected chi connectivity index (χ0v) is 12.4. The van der Waals surface area contributed by atoms with Gasteiger partial charge in [-0.3, -0.25) is 4.79 Å². The van der Waals surface area contributed by atoms with E-state index in [1.165, 1.54) is 0 Å². The van der Waals surface area contributed by atoms with Crippen LogP contribution in [0.3, 0.4) is 0 Å². The summed E-state index contributed by atoms with van der Waals surface area (Å²) in [5.74, 6) is 0.467. The van der Waals surface area contributed by atoms with Crippen molar-refractivity contribution in [1.29, 1.82) is 0 Å². The first-order valence-corrected chi connectivity index (χ1v) is 7.12. The van der Waals surface area contributed by atoms with Crippen molar-refractivity contribution in [2.24, 2.45) is 5.92 Å². The molecular weight excluding hydrogens is 302 g/mol. The average molecular weight is 319 g/mol. The number of alkyl halides is 1. The fraction of sp³-hybridized carbons (Fsp3) is 0.462. The highest BCUT2D eigenvalue weighted by atomic mass is 79.9. The van der Waals surface area contributed by atoms with Gasteiger partial charge in [0, 0.05) is 16.4 Å². The summed E-state index contributed by atoms with van der Waals surface area (Å²) in [5.41, 5.74) is 0.976. The van der Waals surface area contributed by atoms with E-state index in [9.17, 15) is 4.79 Å². The molecule has 1 rings (SSSR count). The van der Waals surface area contributed by atoms with Gasteiger partial charge >= 0.3 is 0 Å². The third-order valence-corrected chi connectivity index (χ3v) is 3.54. The Morgan fingerprint density at radius 2 is 1.94 bits per heavy atom. The van der Waals surface area contributed by atoms with Gasteiger partial charge in [0.25, 0.3) is 0 Å². The number of rotatable bonds is 5. The first-order chi connectivity index (χ1) is 8.02. The Morgan fingerprint density at radius 3 is 2.41 bits per heavy atom. The van der Waals surface area contributed by atoms with Crippen LogP contribution >= 0.6 is 27.5 Å². The van der Waals surface area contributed by atoms with Crippen LogP contribution in [0.4, 0.5) is 0 Å². The first-order valence-electron chi connectivity index (χ1n) is 5.62. The van der Waals surface area contributed by atoms with Gasteiger partial charge in [-0.2, -0.15) is 0 Å². The van der Waals surface area contributed by atoms with Gasteiger partial charge in [0.2, 0.25) is 5.91 Å². The van der Waals surface area contributed by atoms with Crippen molar-refractivity contribution in [3.05, 3.63) is 34.9 Å². The second-order valence-electron chi connectivity index (χ2n) is 4.38. The SMILES string of the molecule is CC(C)C(CBr)NC(=O)Cc1ccc(Cl)cc1. The lowest BCUT2D eigenvalue weighted by atomic mass is 10.1. The molecule has 1 unspecified atom stereocenters. The van der Waals surface area contributed by atoms with E-state index in [1.807, 2.05) is 12.1 Å². The number of hydrogen-bond acceptors (Lipinski definition) is 1. The summed E-state index contributed by atoms with van der Waals surface area (Å²) in [6.07, 6.45) is 0.396. The maximum absolute atomic E-state index is 11.8. The molecule has 17 heavy (non-hydrogen) atoms. The monoisotopic (exact) mass is 317 g/mol. The van der Waals surface area contributed by atoms with Crippen LogP contribution in [0.15, 0.2) is 24.3 Å². The van der Waals surface area contributed by atoms with Crippen LogP contribution in [-0.2, 0) is 11.2 Å². The molecule has 0 aromatic heterocycles. The molecule has 2 nitrogen and oxygen atoms in total. The molecule has 1 N–H and O–H groups in total. The van der Waals surface area contributed by atoms with Crippen LogP contribution in [-0.4, -0.2) is 17.3 Å². The predicted octanol–water partition coefficient (Wildman–Crippen LogP) is 3.42. The molecule has 1 atom stereocenters. The lowest BCUT2D eigenvalue weighted by Gasteiger charge is -2.19. The Morgan fingerprint density at radius 1 is 1.35 bits per heavy atom. The number of halogens is 2. The largest absolute Gasteiger partial charge is 0.352 e. The molecule has 0 aliphatic rings. The molecule has 0 aliphatic heterocycles. The Hall–Kier alpha value is -0.540. The van der Waals surface area contributed by atoms with Gasteiger partial charge in [-0.15, -0.1) is 0 Å². The molecule has 1 amide bonds. The van der Waals surface area contributed by atoms with Gasteiger partial charge in [0.15, 0.2) is 0 Å². The molecular formula is C13H17BrClNO. The van der Waals surface area contributed by atoms with Crippen molar-refractivity contribution in [3.63, 3.8) is 0 Å². The van der Waals surface area contributed by atoms with E-state index in [4.69, 9.17) is 11.6 Å². The quantitative estimate of drug-likeness (QED) is 0.828. The summed E-state index contributed by atoms with van der Waals surface area (Å²) in [6, 6.07) is 7.53. The minimum Gasteiger partial charge on any atom is -0.352 e. The van der Waals surface area contributed by atoms with Gasteiger partial charge in [-0.05, 0) is 23.6 Å². The Bertz CT molecular complexity index is 364. The fourth-order valence-corrected chi connectivity index (χ4v) is 2.46. The highest BCUT2D eigenvalue weighted by Crippen LogP contribution is 2.10. The van der Waals surface area contributed by atoms with E-state index in [2.05, 4.69) is 35.1 Å². The van der Waals surface area contributed by atoms with Crippen molar-refractivity contribution in [2.45, 2.75) is 26.3 Å². The number of carbonyl (C=O) groups is 1. The van der Waals surface area contributed by atoms with E-state index in [0.29, 0.717) is 17.4 Å². The molecule has 0 spiro atoms. The second kappa shape index (κ2) is 7.02. The number of carbonyl (C=O) groups excluding carboxylic acids is 1. The molecule has 4 heteroatoms. The van der Waals surface area contributed by atoms with E-state index in [1.54, 1.807) is 12.1 Å². The fourth-order valence-electron chi connectivity index (χ4n) is 1.43. The van der Waals surface area contributed by atoms with Crippen LogP contribution in [0.5, 0.6) is 0 Å². The lowest BCUT2D eigenvalue weighted by Crippen LogP contribution is -2.40. The smallest absolute Gasteiger partial charge is 0.224 e. The summed E-state index contributed by atoms with van der Waals surface area (Å²) in [5, 5.41) is 4.47. The zero-order chi connectivity index (χ0) is 12.8. The van der Waals surface area contributed by atoms with Gasteiger partial charge in [0.05, 0.1) is 6.42 Å². The molecule has 0 saturated heterocycles. The van der Waals surface area contributed by atoms with Crippen molar-refractivity contribution in [2.75, 3.05) is 5.33 Å². The number of hydrogen-bond donors (Lipinski definition) is 1. The third-order valence-electron chi connectivity index (χ3n) is 2.60. The highest BCUT2D eigenvalue weighted by Gasteiger charge is 2.14. The molecule has 0 fully saturated rings. The summed E-state index contributed by atoms with van der Waals surface area (Å²) >= 11 is 9.20. The molecule has 0 heterocycles. The van der Waals surface area contributed by atoms with Gasteiger partial charge < -0.3 is 5.32 Å². The van der Waals surface area contributed by atoms with Crippen LogP contribution in [0.25, 0.3) is 0 Å². The van der Waals surface area contributed by atoms with E-state index in [0.717, 1.165) is 10.9 Å². The van der Waals surface area contributed by atoms with Crippen molar-refractivity contribution >= 4 is 33.4 Å². The minimum atomic E-state index is 0.0467. The Balaban J connectivity index is 2.52. The standard InChI is InChI=1S/C13H17BrClNO/c1-9(2)12(8-14)16-13(17)7-10-3-5-11(15)6-4-10/h3-6,9,12H,7-8H2,1-2H3,(H,16,17). The minimum absolute atomic E-state index is 0.0467. The Kier molecular flexibility index (Phi) is 6.00. The zero-order valence-electron chi connectivity index (χ0n) is 10.0. The number of benzene rings is 1. The maximum Gasteiger partial charge on any atom is 0.224 e. The number of nitrogens with one attached hydrogen (secondary N) is 1. The van der Waals surface area contributed by atoms with Crippen LogP contribution in [0, 0.1) is 5.92 Å². The average Bonchev–Trinajstić information content (AvgIpc) is 2.28. The first kappa shape index (κ1) is 14.5. The van der Waals surface area contributed by atoms with Crippen molar-refractivity contribution in [3.8, 4) is 0 Å². The summed E-state index contributed by atoms with van der Waals surface area (Å²) in [4.78, 5) is 11.8. The topological polar surface area (TPSA) is 29.1 Å². The molecule has 0 saturated carbocycles. The third kappa shape index (κ3) is 5.09. The van der Waals surface area contributed by atoms with Crippen LogP contribution in [0.2, 0.25) is 5.02 Å². The second-order valence-corrected chi connectivity index (χ2v) is 5.46. The van der Waals surface area contributed by atoms with Crippen molar-refractivity contribution < 1.29 is 4.79 Å². The predicted molar refractivity (Wildman–Crippen MR) is 75.7 cm³/mol. The molecule has 0 bridgehead atoms. The van der Waals surface area contributed by atoms with Crippen molar-refractivity contribution in [1.82, 2.24) is 5.32 Å². The number of amides is 1. The Labute approximate surface area is 116 Å². The molecule has 94 valence electrons. The van der Waals surface area contributed by atoms with E-state index < -0.39 is 0 Å². The summed E-state index contributed by atoms with van der Waals surface area (Å²) in [7, 11) is 0. The van der Waals surface area contributed by atoms with Gasteiger partial charge in [-0.1, -0.05) is 53.5 Å². The van der Waals surface area contributed by atoms with Crippen LogP contribution in [0.1, 0.15) is 19.4 Å². The van der Waals surface area contributed by atoms with Gasteiger partial charge in [-0.25, -0.2) is 0 Å². The van der Waals surface area contributed by atoms with Gasteiger partial charge in [0.1, 0.15) is 0 Å². The summed E-state index contributed by atoms with van der Waals surface area (Å²) in [6.45, 7) is 4.18. The molecule has 0 aliphatic carbocycles. The highest BCUT2D eigenvalue weighted by molar-refractivity contribution is 9.09. The van der Waals surface area contributed by atoms with Crippen LogP contribution < -0.4 is 5.32 Å². The summed E-state index contributed by atoms with van der Waals surface area (Å²) < 4.78 is 0. The molecule has 0 radical (unpaired) electrons. The maximum atomic E-state index is 11.8. The molecule has 1 aromatic rings. The van der Waals surface area contributed by atoms with E-state index in [-0.39, 0.29) is 11.9 Å². The van der Waals surface area contributed by atoms with E-state index >= 15 is 0 Å². The molecule has 1 aromatic carbocycles.